The fraction of sp³-hybridized carbons (Fsp3) is 0.588. The molecule has 5 N–H and O–H groups in total. The van der Waals surface area contributed by atoms with E-state index < -0.39 is 10.0 Å². The summed E-state index contributed by atoms with van der Waals surface area (Å²) in [6.07, 6.45) is 2.20. The van der Waals surface area contributed by atoms with Crippen LogP contribution in [0.4, 0.5) is 0 Å². The van der Waals surface area contributed by atoms with Crippen LogP contribution < -0.4 is 16.2 Å². The van der Waals surface area contributed by atoms with Gasteiger partial charge in [-0.15, -0.1) is 12.4 Å². The van der Waals surface area contributed by atoms with Crippen LogP contribution in [0.25, 0.3) is 0 Å². The van der Waals surface area contributed by atoms with Crippen molar-refractivity contribution in [2.45, 2.75) is 31.1 Å². The van der Waals surface area contributed by atoms with Crippen LogP contribution in [-0.4, -0.2) is 51.9 Å². The highest BCUT2D eigenvalue weighted by Crippen LogP contribution is 2.28. The van der Waals surface area contributed by atoms with Crippen molar-refractivity contribution in [2.75, 3.05) is 32.7 Å². The second kappa shape index (κ2) is 9.66. The molecule has 1 aliphatic rings. The topological polar surface area (TPSA) is 119 Å². The lowest BCUT2D eigenvalue weighted by atomic mass is 9.90. The normalized spacial score (nSPS) is 20.6. The summed E-state index contributed by atoms with van der Waals surface area (Å²) in [5, 5.41) is 7.96. The van der Waals surface area contributed by atoms with Crippen LogP contribution in [0.5, 0.6) is 0 Å². The van der Waals surface area contributed by atoms with Gasteiger partial charge in [-0.1, -0.05) is 19.1 Å². The van der Waals surface area contributed by atoms with Crippen LogP contribution in [0.3, 0.4) is 0 Å². The maximum absolute atomic E-state index is 11.9. The molecule has 0 saturated carbocycles. The van der Waals surface area contributed by atoms with E-state index >= 15 is 0 Å². The smallest absolute Gasteiger partial charge is 0.238 e. The number of hydrogen-bond donors (Lipinski definition) is 3. The molecule has 1 saturated heterocycles. The van der Waals surface area contributed by atoms with E-state index in [1.807, 2.05) is 0 Å². The van der Waals surface area contributed by atoms with Crippen molar-refractivity contribution in [3.8, 4) is 0 Å². The Balaban J connectivity index is 0.00000338. The van der Waals surface area contributed by atoms with E-state index in [1.54, 1.807) is 12.1 Å². The fourth-order valence-corrected chi connectivity index (χ4v) is 3.54. The lowest BCUT2D eigenvalue weighted by molar-refractivity contribution is -0.121. The predicted octanol–water partition coefficient (Wildman–Crippen LogP) is 0.475. The van der Waals surface area contributed by atoms with E-state index in [0.29, 0.717) is 25.9 Å². The number of likely N-dealkylation sites (tertiary alicyclic amines) is 1. The van der Waals surface area contributed by atoms with Gasteiger partial charge >= 0.3 is 0 Å². The molecule has 148 valence electrons. The Morgan fingerprint density at radius 1 is 1.31 bits per heavy atom. The molecule has 26 heavy (non-hydrogen) atoms. The first-order chi connectivity index (χ1) is 11.7. The molecular weight excluding hydrogens is 376 g/mol. The minimum atomic E-state index is -3.66. The minimum Gasteiger partial charge on any atom is -0.356 e. The number of primary sulfonamides is 1. The SMILES string of the molecule is CC1(CN)CCN(CCC(=O)NCCc2ccc(S(N)(=O)=O)cc2)C1.Cl. The number of carbonyl (C=O) groups excluding carboxylic acids is 1. The van der Waals surface area contributed by atoms with Gasteiger partial charge in [0.1, 0.15) is 0 Å². The molecule has 0 aliphatic carbocycles. The summed E-state index contributed by atoms with van der Waals surface area (Å²) in [6, 6.07) is 6.39. The number of amides is 1. The largest absolute Gasteiger partial charge is 0.356 e. The fourth-order valence-electron chi connectivity index (χ4n) is 3.02. The van der Waals surface area contributed by atoms with Gasteiger partial charge in [-0.3, -0.25) is 4.79 Å². The number of carbonyl (C=O) groups is 1. The molecule has 9 heteroatoms. The highest BCUT2D eigenvalue weighted by atomic mass is 35.5. The summed E-state index contributed by atoms with van der Waals surface area (Å²) in [6.45, 7) is 6.09. The van der Waals surface area contributed by atoms with Crippen LogP contribution in [0.15, 0.2) is 29.2 Å². The van der Waals surface area contributed by atoms with Crippen molar-refractivity contribution >= 4 is 28.3 Å². The van der Waals surface area contributed by atoms with Crippen molar-refractivity contribution < 1.29 is 13.2 Å². The number of hydrogen-bond acceptors (Lipinski definition) is 5. The van der Waals surface area contributed by atoms with Crippen LogP contribution in [0.1, 0.15) is 25.3 Å². The van der Waals surface area contributed by atoms with Crippen LogP contribution >= 0.6 is 12.4 Å². The van der Waals surface area contributed by atoms with Crippen molar-refractivity contribution in [3.63, 3.8) is 0 Å². The molecule has 1 heterocycles. The van der Waals surface area contributed by atoms with Gasteiger partial charge in [-0.05, 0) is 49.0 Å². The van der Waals surface area contributed by atoms with E-state index in [1.165, 1.54) is 12.1 Å². The van der Waals surface area contributed by atoms with Gasteiger partial charge in [0.15, 0.2) is 0 Å². The Morgan fingerprint density at radius 3 is 2.50 bits per heavy atom. The molecule has 2 rings (SSSR count). The van der Waals surface area contributed by atoms with Crippen molar-refractivity contribution in [3.05, 3.63) is 29.8 Å². The molecule has 1 aliphatic heterocycles. The summed E-state index contributed by atoms with van der Waals surface area (Å²) < 4.78 is 22.4. The van der Waals surface area contributed by atoms with Crippen LogP contribution in [0, 0.1) is 5.41 Å². The Labute approximate surface area is 162 Å². The molecular formula is C17H29ClN4O3S. The Hall–Kier alpha value is -1.19. The van der Waals surface area contributed by atoms with Crippen molar-refractivity contribution in [1.82, 2.24) is 10.2 Å². The van der Waals surface area contributed by atoms with Crippen molar-refractivity contribution in [2.24, 2.45) is 16.3 Å². The van der Waals surface area contributed by atoms with Gasteiger partial charge in [-0.2, -0.15) is 0 Å². The number of nitrogens with two attached hydrogens (primary N) is 2. The summed E-state index contributed by atoms with van der Waals surface area (Å²) in [5.41, 5.74) is 6.92. The van der Waals surface area contributed by atoms with E-state index in [9.17, 15) is 13.2 Å². The molecule has 1 aromatic carbocycles. The molecule has 1 atom stereocenters. The monoisotopic (exact) mass is 404 g/mol. The number of rotatable bonds is 8. The second-order valence-electron chi connectivity index (χ2n) is 7.08. The van der Waals surface area contributed by atoms with E-state index in [4.69, 9.17) is 10.9 Å². The Kier molecular flexibility index (Phi) is 8.49. The molecule has 7 nitrogen and oxygen atoms in total. The maximum Gasteiger partial charge on any atom is 0.238 e. The molecule has 0 bridgehead atoms. The highest BCUT2D eigenvalue weighted by molar-refractivity contribution is 7.89. The second-order valence-corrected chi connectivity index (χ2v) is 8.64. The Morgan fingerprint density at radius 2 is 1.96 bits per heavy atom. The first kappa shape index (κ1) is 22.9. The quantitative estimate of drug-likeness (QED) is 0.582. The summed E-state index contributed by atoms with van der Waals surface area (Å²) in [4.78, 5) is 14.3. The standard InChI is InChI=1S/C17H28N4O3S.ClH/c1-17(12-18)8-11-21(13-17)10-7-16(22)20-9-6-14-2-4-15(5-3-14)25(19,23)24;/h2-5H,6-13,18H2,1H3,(H,20,22)(H2,19,23,24);1H. The number of benzene rings is 1. The lowest BCUT2D eigenvalue weighted by Gasteiger charge is -2.22. The molecule has 1 amide bonds. The Bertz CT molecular complexity index is 696. The molecule has 1 aromatic rings. The average molecular weight is 405 g/mol. The summed E-state index contributed by atoms with van der Waals surface area (Å²) in [7, 11) is -3.66. The molecule has 1 unspecified atom stereocenters. The third-order valence-corrected chi connectivity index (χ3v) is 5.70. The first-order valence-corrected chi connectivity index (χ1v) is 10.1. The van der Waals surface area contributed by atoms with Gasteiger partial charge in [0.05, 0.1) is 4.90 Å². The number of nitrogens with one attached hydrogen (secondary N) is 1. The van der Waals surface area contributed by atoms with E-state index in [-0.39, 0.29) is 28.6 Å². The highest BCUT2D eigenvalue weighted by Gasteiger charge is 2.32. The number of halogens is 1. The molecule has 0 spiro atoms. The molecule has 1 fully saturated rings. The summed E-state index contributed by atoms with van der Waals surface area (Å²) >= 11 is 0. The zero-order valence-corrected chi connectivity index (χ0v) is 16.7. The third-order valence-electron chi connectivity index (χ3n) is 4.77. The van der Waals surface area contributed by atoms with Gasteiger partial charge in [0, 0.05) is 26.1 Å². The van der Waals surface area contributed by atoms with Gasteiger partial charge in [-0.25, -0.2) is 13.6 Å². The lowest BCUT2D eigenvalue weighted by Crippen LogP contribution is -2.34. The van der Waals surface area contributed by atoms with Crippen LogP contribution in [0.2, 0.25) is 0 Å². The number of nitrogens with zero attached hydrogens (tertiary/aromatic N) is 1. The zero-order valence-electron chi connectivity index (χ0n) is 15.1. The summed E-state index contributed by atoms with van der Waals surface area (Å²) in [5.74, 6) is 0.0301. The van der Waals surface area contributed by atoms with Crippen LogP contribution in [-0.2, 0) is 21.2 Å². The van der Waals surface area contributed by atoms with Gasteiger partial charge in [0.25, 0.3) is 0 Å². The van der Waals surface area contributed by atoms with Gasteiger partial charge < -0.3 is 16.0 Å². The predicted molar refractivity (Wildman–Crippen MR) is 105 cm³/mol. The number of sulfonamides is 1. The maximum atomic E-state index is 11.9. The minimum absolute atomic E-state index is 0. The first-order valence-electron chi connectivity index (χ1n) is 8.53. The molecule has 0 radical (unpaired) electrons. The van der Waals surface area contributed by atoms with Crippen molar-refractivity contribution in [1.29, 1.82) is 0 Å². The molecule has 0 aromatic heterocycles. The van der Waals surface area contributed by atoms with E-state index in [2.05, 4.69) is 17.1 Å². The third kappa shape index (κ3) is 6.85. The average Bonchev–Trinajstić information content (AvgIpc) is 2.95. The zero-order chi connectivity index (χ0) is 18.5. The van der Waals surface area contributed by atoms with Gasteiger partial charge in [0.2, 0.25) is 15.9 Å². The van der Waals surface area contributed by atoms with E-state index in [0.717, 1.165) is 31.6 Å².